The minimum Gasteiger partial charge on any atom is -0.374 e. The van der Waals surface area contributed by atoms with Crippen molar-refractivity contribution in [2.45, 2.75) is 63.1 Å². The van der Waals surface area contributed by atoms with Gasteiger partial charge in [0.25, 0.3) is 0 Å². The summed E-state index contributed by atoms with van der Waals surface area (Å²) in [6.45, 7) is 0.724. The van der Waals surface area contributed by atoms with Gasteiger partial charge in [0.2, 0.25) is 5.89 Å². The smallest absolute Gasteiger partial charge is 0.227 e. The van der Waals surface area contributed by atoms with Crippen molar-refractivity contribution in [3.8, 4) is 0 Å². The van der Waals surface area contributed by atoms with Gasteiger partial charge in [0, 0.05) is 6.42 Å². The van der Waals surface area contributed by atoms with Crippen LogP contribution < -0.4 is 5.73 Å². The molecule has 0 aromatic carbocycles. The molecule has 3 atom stereocenters. The number of ether oxygens (including phenoxy) is 1. The predicted molar refractivity (Wildman–Crippen MR) is 68.6 cm³/mol. The summed E-state index contributed by atoms with van der Waals surface area (Å²) < 4.78 is 11.3. The molecule has 2 bridgehead atoms. The van der Waals surface area contributed by atoms with Gasteiger partial charge in [-0.1, -0.05) is 11.6 Å². The minimum atomic E-state index is 0.231. The molecule has 1 saturated carbocycles. The third-order valence-corrected chi connectivity index (χ3v) is 5.29. The van der Waals surface area contributed by atoms with E-state index in [0.29, 0.717) is 18.1 Å². The normalized spacial score (nSPS) is 35.5. The second kappa shape index (κ2) is 4.28. The first kappa shape index (κ1) is 11.9. The van der Waals surface area contributed by atoms with Crippen LogP contribution in [0, 0.1) is 5.41 Å². The number of hydrogen-bond acceptors (Lipinski definition) is 5. The highest BCUT2D eigenvalue weighted by Gasteiger charge is 2.44. The van der Waals surface area contributed by atoms with Crippen LogP contribution in [0.1, 0.15) is 56.2 Å². The number of rotatable bonds is 4. The van der Waals surface area contributed by atoms with E-state index in [1.54, 1.807) is 0 Å². The van der Waals surface area contributed by atoms with Crippen molar-refractivity contribution in [3.63, 3.8) is 0 Å². The van der Waals surface area contributed by atoms with Gasteiger partial charge in [-0.25, -0.2) is 0 Å². The molecular formula is C14H21N3O2. The minimum absolute atomic E-state index is 0.231. The highest BCUT2D eigenvalue weighted by Crippen LogP contribution is 2.45. The highest BCUT2D eigenvalue weighted by atomic mass is 16.5. The molecule has 1 aromatic heterocycles. The van der Waals surface area contributed by atoms with E-state index >= 15 is 0 Å². The highest BCUT2D eigenvalue weighted by molar-refractivity contribution is 5.08. The molecule has 3 unspecified atom stereocenters. The van der Waals surface area contributed by atoms with Crippen LogP contribution in [-0.4, -0.2) is 28.9 Å². The molecule has 3 aliphatic rings. The molecular weight excluding hydrogens is 242 g/mol. The van der Waals surface area contributed by atoms with Crippen LogP contribution in [0.15, 0.2) is 4.52 Å². The summed E-state index contributed by atoms with van der Waals surface area (Å²) in [5.74, 6) is 1.98. The average molecular weight is 263 g/mol. The molecule has 2 aliphatic heterocycles. The van der Waals surface area contributed by atoms with Crippen LogP contribution in [-0.2, 0) is 11.2 Å². The molecule has 2 saturated heterocycles. The van der Waals surface area contributed by atoms with Crippen LogP contribution in [0.2, 0.25) is 0 Å². The zero-order chi connectivity index (χ0) is 12.9. The Morgan fingerprint density at radius 2 is 2.21 bits per heavy atom. The van der Waals surface area contributed by atoms with Crippen molar-refractivity contribution in [2.75, 3.05) is 6.54 Å². The van der Waals surface area contributed by atoms with Crippen molar-refractivity contribution in [3.05, 3.63) is 11.7 Å². The number of nitrogens with zero attached hydrogens (tertiary/aromatic N) is 2. The molecule has 5 heteroatoms. The third-order valence-electron chi connectivity index (χ3n) is 5.29. The third kappa shape index (κ3) is 1.91. The quantitative estimate of drug-likeness (QED) is 0.896. The molecule has 4 rings (SSSR count). The lowest BCUT2D eigenvalue weighted by molar-refractivity contribution is 0.0996. The summed E-state index contributed by atoms with van der Waals surface area (Å²) in [5, 5.41) is 4.19. The Labute approximate surface area is 112 Å². The van der Waals surface area contributed by atoms with Crippen LogP contribution in [0.25, 0.3) is 0 Å². The second-order valence-corrected chi connectivity index (χ2v) is 6.50. The zero-order valence-corrected chi connectivity index (χ0v) is 11.2. The number of nitrogens with two attached hydrogens (primary N) is 1. The number of fused-ring (bicyclic) bond motifs is 2. The van der Waals surface area contributed by atoms with Crippen LogP contribution >= 0.6 is 0 Å². The second-order valence-electron chi connectivity index (χ2n) is 6.50. The van der Waals surface area contributed by atoms with Crippen molar-refractivity contribution in [2.24, 2.45) is 11.1 Å². The Balaban J connectivity index is 1.48. The molecule has 104 valence electrons. The molecule has 3 fully saturated rings. The fourth-order valence-electron chi connectivity index (χ4n) is 3.85. The molecule has 1 aromatic rings. The summed E-state index contributed by atoms with van der Waals surface area (Å²) in [6, 6.07) is 0. The topological polar surface area (TPSA) is 74.2 Å². The van der Waals surface area contributed by atoms with Crippen molar-refractivity contribution in [1.82, 2.24) is 10.1 Å². The lowest BCUT2D eigenvalue weighted by atomic mass is 9.67. The standard InChI is InChI=1S/C14H21N3O2/c15-8-14(4-1-5-14)7-12-16-13(17-19-12)10-6-9-2-3-11(10)18-9/h9-11H,1-8,15H2. The maximum absolute atomic E-state index is 5.89. The molecule has 5 nitrogen and oxygen atoms in total. The summed E-state index contributed by atoms with van der Waals surface area (Å²) in [4.78, 5) is 4.61. The molecule has 2 N–H and O–H groups in total. The van der Waals surface area contributed by atoms with Gasteiger partial charge in [-0.15, -0.1) is 0 Å². The fourth-order valence-corrected chi connectivity index (χ4v) is 3.85. The van der Waals surface area contributed by atoms with Gasteiger partial charge in [-0.3, -0.25) is 0 Å². The van der Waals surface area contributed by atoms with E-state index in [1.165, 1.54) is 25.7 Å². The fraction of sp³-hybridized carbons (Fsp3) is 0.857. The lowest BCUT2D eigenvalue weighted by Crippen LogP contribution is -2.39. The van der Waals surface area contributed by atoms with Crippen LogP contribution in [0.5, 0.6) is 0 Å². The van der Waals surface area contributed by atoms with E-state index in [0.717, 1.165) is 37.5 Å². The van der Waals surface area contributed by atoms with Crippen molar-refractivity contribution in [1.29, 1.82) is 0 Å². The van der Waals surface area contributed by atoms with Gasteiger partial charge in [0.05, 0.1) is 18.1 Å². The van der Waals surface area contributed by atoms with Crippen molar-refractivity contribution >= 4 is 0 Å². The molecule has 0 amide bonds. The van der Waals surface area contributed by atoms with Crippen LogP contribution in [0.3, 0.4) is 0 Å². The van der Waals surface area contributed by atoms with E-state index in [2.05, 4.69) is 10.1 Å². The monoisotopic (exact) mass is 263 g/mol. The largest absolute Gasteiger partial charge is 0.374 e. The predicted octanol–water partition coefficient (Wildman–Crippen LogP) is 1.78. The lowest BCUT2D eigenvalue weighted by Gasteiger charge is -2.39. The summed E-state index contributed by atoms with van der Waals surface area (Å²) in [5.41, 5.74) is 6.12. The Kier molecular flexibility index (Phi) is 2.67. The maximum Gasteiger partial charge on any atom is 0.227 e. The summed E-state index contributed by atoms with van der Waals surface area (Å²) in [7, 11) is 0. The molecule has 19 heavy (non-hydrogen) atoms. The van der Waals surface area contributed by atoms with Gasteiger partial charge < -0.3 is 15.0 Å². The summed E-state index contributed by atoms with van der Waals surface area (Å²) in [6.07, 6.45) is 8.66. The number of aromatic nitrogens is 2. The van der Waals surface area contributed by atoms with E-state index in [1.807, 2.05) is 0 Å². The SMILES string of the molecule is NCC1(Cc2nc(C3CC4CCC3O4)no2)CCC1. The van der Waals surface area contributed by atoms with E-state index in [4.69, 9.17) is 15.0 Å². The first-order chi connectivity index (χ1) is 9.28. The zero-order valence-electron chi connectivity index (χ0n) is 11.2. The van der Waals surface area contributed by atoms with E-state index < -0.39 is 0 Å². The van der Waals surface area contributed by atoms with Crippen molar-refractivity contribution < 1.29 is 9.26 Å². The number of hydrogen-bond donors (Lipinski definition) is 1. The van der Waals surface area contributed by atoms with Gasteiger partial charge in [0.15, 0.2) is 5.82 Å². The van der Waals surface area contributed by atoms with Gasteiger partial charge >= 0.3 is 0 Å². The molecule has 0 radical (unpaired) electrons. The Morgan fingerprint density at radius 1 is 1.32 bits per heavy atom. The average Bonchev–Trinajstić information content (AvgIpc) is 3.09. The Bertz CT molecular complexity index is 464. The first-order valence-corrected chi connectivity index (χ1v) is 7.46. The molecule has 3 heterocycles. The van der Waals surface area contributed by atoms with Gasteiger partial charge in [0.1, 0.15) is 0 Å². The van der Waals surface area contributed by atoms with E-state index in [9.17, 15) is 0 Å². The molecule has 0 spiro atoms. The van der Waals surface area contributed by atoms with Crippen LogP contribution in [0.4, 0.5) is 0 Å². The van der Waals surface area contributed by atoms with Gasteiger partial charge in [-0.2, -0.15) is 4.98 Å². The molecule has 1 aliphatic carbocycles. The first-order valence-electron chi connectivity index (χ1n) is 7.46. The Hall–Kier alpha value is -0.940. The van der Waals surface area contributed by atoms with E-state index in [-0.39, 0.29) is 5.41 Å². The summed E-state index contributed by atoms with van der Waals surface area (Å²) >= 11 is 0. The van der Waals surface area contributed by atoms with Gasteiger partial charge in [-0.05, 0) is 44.1 Å². The Morgan fingerprint density at radius 3 is 2.79 bits per heavy atom. The maximum atomic E-state index is 5.89.